The molecule has 0 heterocycles. The fourth-order valence-electron chi connectivity index (χ4n) is 2.38. The Morgan fingerprint density at radius 1 is 1.03 bits per heavy atom. The van der Waals surface area contributed by atoms with Crippen LogP contribution in [-0.2, 0) is 19.6 Å². The molecule has 0 aliphatic carbocycles. The molecule has 1 atom stereocenters. The minimum atomic E-state index is -3.72. The van der Waals surface area contributed by atoms with Crippen LogP contribution in [0.2, 0.25) is 0 Å². The zero-order valence-electron chi connectivity index (χ0n) is 16.3. The van der Waals surface area contributed by atoms with Gasteiger partial charge >= 0.3 is 5.97 Å². The van der Waals surface area contributed by atoms with Gasteiger partial charge in [-0.05, 0) is 56.3 Å². The Kier molecular flexibility index (Phi) is 7.24. The molecule has 29 heavy (non-hydrogen) atoms. The molecule has 0 saturated carbocycles. The van der Waals surface area contributed by atoms with Crippen LogP contribution in [0.4, 0.5) is 5.69 Å². The van der Waals surface area contributed by atoms with Crippen LogP contribution < -0.4 is 10.0 Å². The summed E-state index contributed by atoms with van der Waals surface area (Å²) in [6.45, 7) is 4.69. The molecule has 0 aliphatic rings. The number of rotatable bonds is 8. The number of nitrogens with one attached hydrogen (secondary N) is 2. The monoisotopic (exact) mass is 418 g/mol. The summed E-state index contributed by atoms with van der Waals surface area (Å²) in [5, 5.41) is 2.58. The number of ketones is 1. The van der Waals surface area contributed by atoms with Crippen molar-refractivity contribution < 1.29 is 27.5 Å². The maximum Gasteiger partial charge on any atom is 0.338 e. The molecule has 0 spiro atoms. The lowest BCUT2D eigenvalue weighted by Gasteiger charge is -2.14. The molecular weight excluding hydrogens is 396 g/mol. The number of sulfonamides is 1. The van der Waals surface area contributed by atoms with Crippen molar-refractivity contribution in [3.63, 3.8) is 0 Å². The number of hydrogen-bond acceptors (Lipinski definition) is 6. The zero-order valence-corrected chi connectivity index (χ0v) is 17.1. The van der Waals surface area contributed by atoms with Gasteiger partial charge in [0.25, 0.3) is 5.91 Å². The molecule has 154 valence electrons. The van der Waals surface area contributed by atoms with E-state index in [-0.39, 0.29) is 22.8 Å². The van der Waals surface area contributed by atoms with Crippen LogP contribution >= 0.6 is 0 Å². The number of anilines is 1. The lowest BCUT2D eigenvalue weighted by Crippen LogP contribution is -2.30. The molecule has 0 aliphatic heterocycles. The molecular formula is C20H22N2O6S. The summed E-state index contributed by atoms with van der Waals surface area (Å²) in [4.78, 5) is 35.8. The molecule has 2 N–H and O–H groups in total. The van der Waals surface area contributed by atoms with Crippen LogP contribution in [0.25, 0.3) is 0 Å². The number of carbonyl (C=O) groups excluding carboxylic acids is 3. The Morgan fingerprint density at radius 3 is 2.28 bits per heavy atom. The van der Waals surface area contributed by atoms with E-state index in [0.717, 1.165) is 0 Å². The number of ether oxygens (including phenoxy) is 1. The summed E-state index contributed by atoms with van der Waals surface area (Å²) in [6, 6.07) is 11.6. The third kappa shape index (κ3) is 5.97. The Balaban J connectivity index is 2.04. The predicted octanol–water partition coefficient (Wildman–Crippen LogP) is 2.37. The second kappa shape index (κ2) is 9.44. The highest BCUT2D eigenvalue weighted by molar-refractivity contribution is 7.89. The van der Waals surface area contributed by atoms with Gasteiger partial charge in [0.1, 0.15) is 0 Å². The highest BCUT2D eigenvalue weighted by Gasteiger charge is 2.21. The van der Waals surface area contributed by atoms with Gasteiger partial charge in [-0.3, -0.25) is 9.59 Å². The molecule has 0 unspecified atom stereocenters. The van der Waals surface area contributed by atoms with Crippen molar-refractivity contribution >= 4 is 33.4 Å². The molecule has 0 saturated heterocycles. The van der Waals surface area contributed by atoms with Crippen LogP contribution in [0.3, 0.4) is 0 Å². The molecule has 9 heteroatoms. The van der Waals surface area contributed by atoms with Crippen LogP contribution in [0, 0.1) is 0 Å². The number of esters is 1. The summed E-state index contributed by atoms with van der Waals surface area (Å²) in [5.41, 5.74) is 0.964. The van der Waals surface area contributed by atoms with Crippen LogP contribution in [-0.4, -0.2) is 38.7 Å². The second-order valence-corrected chi connectivity index (χ2v) is 7.97. The van der Waals surface area contributed by atoms with Crippen molar-refractivity contribution in [3.05, 3.63) is 59.7 Å². The summed E-state index contributed by atoms with van der Waals surface area (Å²) in [6.07, 6.45) is -1.12. The maximum atomic E-state index is 12.3. The average molecular weight is 418 g/mol. The van der Waals surface area contributed by atoms with Crippen molar-refractivity contribution in [1.82, 2.24) is 4.72 Å². The molecule has 2 aromatic carbocycles. The van der Waals surface area contributed by atoms with Crippen LogP contribution in [0.1, 0.15) is 41.5 Å². The summed E-state index contributed by atoms with van der Waals surface area (Å²) in [7, 11) is -3.72. The van der Waals surface area contributed by atoms with E-state index in [9.17, 15) is 22.8 Å². The molecule has 2 aromatic rings. The Labute approximate surface area is 169 Å². The minimum absolute atomic E-state index is 0.00874. The first-order valence-electron chi connectivity index (χ1n) is 8.86. The van der Waals surface area contributed by atoms with Gasteiger partial charge in [-0.2, -0.15) is 0 Å². The predicted molar refractivity (Wildman–Crippen MR) is 107 cm³/mol. The van der Waals surface area contributed by atoms with Crippen molar-refractivity contribution in [1.29, 1.82) is 0 Å². The van der Waals surface area contributed by atoms with Crippen LogP contribution in [0.5, 0.6) is 0 Å². The lowest BCUT2D eigenvalue weighted by molar-refractivity contribution is -0.123. The Hall–Kier alpha value is -3.04. The third-order valence-electron chi connectivity index (χ3n) is 3.93. The molecule has 0 radical (unpaired) electrons. The van der Waals surface area contributed by atoms with Gasteiger partial charge in [-0.15, -0.1) is 0 Å². The van der Waals surface area contributed by atoms with E-state index in [1.165, 1.54) is 38.1 Å². The number of benzene rings is 2. The zero-order chi connectivity index (χ0) is 21.6. The molecule has 2 rings (SSSR count). The highest BCUT2D eigenvalue weighted by atomic mass is 32.2. The molecule has 0 fully saturated rings. The van der Waals surface area contributed by atoms with Crippen molar-refractivity contribution in [2.75, 3.05) is 11.9 Å². The molecule has 8 nitrogen and oxygen atoms in total. The first-order valence-corrected chi connectivity index (χ1v) is 10.3. The number of Topliss-reactive ketones (excluding diaryl/α,β-unsaturated/α-hetero) is 1. The topological polar surface area (TPSA) is 119 Å². The number of amides is 1. The quantitative estimate of drug-likeness (QED) is 0.502. The minimum Gasteiger partial charge on any atom is -0.449 e. The average Bonchev–Trinajstić information content (AvgIpc) is 2.68. The van der Waals surface area contributed by atoms with E-state index in [0.29, 0.717) is 11.3 Å². The summed E-state index contributed by atoms with van der Waals surface area (Å²) in [5.74, 6) is -1.48. The first-order chi connectivity index (χ1) is 13.6. The largest absolute Gasteiger partial charge is 0.449 e. The summed E-state index contributed by atoms with van der Waals surface area (Å²) < 4.78 is 31.6. The smallest absolute Gasteiger partial charge is 0.338 e. The Morgan fingerprint density at radius 2 is 1.69 bits per heavy atom. The van der Waals surface area contributed by atoms with Crippen molar-refractivity contribution in [2.24, 2.45) is 0 Å². The lowest BCUT2D eigenvalue weighted by atomic mass is 10.1. The van der Waals surface area contributed by atoms with Gasteiger partial charge in [0.05, 0.1) is 10.5 Å². The van der Waals surface area contributed by atoms with E-state index >= 15 is 0 Å². The molecule has 1 amide bonds. The summed E-state index contributed by atoms with van der Waals surface area (Å²) >= 11 is 0. The fraction of sp³-hybridized carbons (Fsp3) is 0.250. The Bertz CT molecular complexity index is 1020. The van der Waals surface area contributed by atoms with Gasteiger partial charge in [-0.25, -0.2) is 17.9 Å². The van der Waals surface area contributed by atoms with Gasteiger partial charge in [0, 0.05) is 17.8 Å². The number of hydrogen-bond donors (Lipinski definition) is 2. The van der Waals surface area contributed by atoms with Crippen LogP contribution in [0.15, 0.2) is 53.4 Å². The van der Waals surface area contributed by atoms with Gasteiger partial charge in [0.2, 0.25) is 10.0 Å². The van der Waals surface area contributed by atoms with Gasteiger partial charge in [0.15, 0.2) is 11.9 Å². The van der Waals surface area contributed by atoms with E-state index in [1.54, 1.807) is 31.2 Å². The normalized spacial score (nSPS) is 12.1. The van der Waals surface area contributed by atoms with E-state index in [4.69, 9.17) is 4.74 Å². The van der Waals surface area contributed by atoms with Crippen molar-refractivity contribution in [3.8, 4) is 0 Å². The molecule has 0 bridgehead atoms. The van der Waals surface area contributed by atoms with Gasteiger partial charge < -0.3 is 10.1 Å². The van der Waals surface area contributed by atoms with Gasteiger partial charge in [-0.1, -0.05) is 13.0 Å². The fourth-order valence-corrected chi connectivity index (χ4v) is 3.46. The first kappa shape index (κ1) is 22.3. The maximum absolute atomic E-state index is 12.3. The van der Waals surface area contributed by atoms with Crippen molar-refractivity contribution in [2.45, 2.75) is 31.8 Å². The third-order valence-corrected chi connectivity index (χ3v) is 5.47. The standard InChI is InChI=1S/C20H22N2O6S/c1-4-21-29(26,27)18-7-5-6-16(12-18)20(25)28-14(3)19(24)22-17-10-8-15(9-11-17)13(2)23/h5-12,14,21H,4H2,1-3H3,(H,22,24)/t14-/m1/s1. The van der Waals surface area contributed by atoms with E-state index in [1.807, 2.05) is 0 Å². The SMILES string of the molecule is CCNS(=O)(=O)c1cccc(C(=O)O[C@H](C)C(=O)Nc2ccc(C(C)=O)cc2)c1. The number of carbonyl (C=O) groups is 3. The highest BCUT2D eigenvalue weighted by Crippen LogP contribution is 2.14. The van der Waals surface area contributed by atoms with E-state index in [2.05, 4.69) is 10.0 Å². The molecule has 0 aromatic heterocycles. The van der Waals surface area contributed by atoms with E-state index < -0.39 is 28.0 Å². The second-order valence-electron chi connectivity index (χ2n) is 6.20.